The number of nitrogens with one attached hydrogen (secondary N) is 1. The Hall–Kier alpha value is -3.31. The van der Waals surface area contributed by atoms with E-state index in [1.54, 1.807) is 32.7 Å². The van der Waals surface area contributed by atoms with Crippen molar-refractivity contribution in [3.63, 3.8) is 0 Å². The van der Waals surface area contributed by atoms with Crippen molar-refractivity contribution < 1.29 is 23.2 Å². The summed E-state index contributed by atoms with van der Waals surface area (Å²) in [6.45, 7) is 0.586. The van der Waals surface area contributed by atoms with Gasteiger partial charge in [0.1, 0.15) is 28.7 Å². The number of H-pyrrole nitrogens is 1. The maximum absolute atomic E-state index is 14.4. The Morgan fingerprint density at radius 2 is 2.13 bits per heavy atom. The maximum atomic E-state index is 14.4. The summed E-state index contributed by atoms with van der Waals surface area (Å²) in [6, 6.07) is 4.52. The Labute approximate surface area is 174 Å². The van der Waals surface area contributed by atoms with E-state index in [1.807, 2.05) is 0 Å². The molecule has 156 valence electrons. The minimum Gasteiger partial charge on any atom is -0.488 e. The van der Waals surface area contributed by atoms with Crippen molar-refractivity contribution in [3.05, 3.63) is 35.1 Å². The van der Waals surface area contributed by atoms with Crippen LogP contribution in [0.4, 0.5) is 4.39 Å². The third kappa shape index (κ3) is 3.76. The lowest BCUT2D eigenvalue weighted by molar-refractivity contribution is 0.0823. The highest BCUT2D eigenvalue weighted by atomic mass is 32.1. The molecule has 0 spiro atoms. The molecule has 1 N–H and O–H groups in total. The van der Waals surface area contributed by atoms with E-state index in [0.717, 1.165) is 0 Å². The quantitative estimate of drug-likeness (QED) is 0.448. The van der Waals surface area contributed by atoms with Gasteiger partial charge in [0.05, 0.1) is 12.1 Å². The summed E-state index contributed by atoms with van der Waals surface area (Å²) in [5.41, 5.74) is 1.79. The van der Waals surface area contributed by atoms with Crippen LogP contribution in [-0.4, -0.2) is 65.6 Å². The summed E-state index contributed by atoms with van der Waals surface area (Å²) < 4.78 is 30.1. The van der Waals surface area contributed by atoms with Crippen LogP contribution in [0.15, 0.2) is 28.1 Å². The molecule has 0 aliphatic heterocycles. The average molecular weight is 431 g/mol. The Morgan fingerprint density at radius 1 is 1.30 bits per heavy atom. The molecule has 4 rings (SSSR count). The Balaban J connectivity index is 1.62. The standard InChI is InChI=1S/C19H18FN5O4S/c1-25(2)19(26)14-9-30-18(21-14)13-8-16(29-24-13)17-10-6-11(20)15(28-5-4-27-3)7-12(10)22-23-17/h6-9H,4-5H2,1-3H3,(H,22,23). The third-order valence-corrected chi connectivity index (χ3v) is 5.12. The van der Waals surface area contributed by atoms with Crippen LogP contribution in [0.25, 0.3) is 33.1 Å². The maximum Gasteiger partial charge on any atom is 0.272 e. The van der Waals surface area contributed by atoms with Crippen LogP contribution in [0.2, 0.25) is 0 Å². The Kier molecular flexibility index (Phi) is 5.46. The monoisotopic (exact) mass is 431 g/mol. The second-order valence-electron chi connectivity index (χ2n) is 6.56. The van der Waals surface area contributed by atoms with Crippen molar-refractivity contribution in [2.45, 2.75) is 0 Å². The van der Waals surface area contributed by atoms with E-state index in [-0.39, 0.29) is 18.3 Å². The molecule has 0 saturated carbocycles. The molecule has 0 aliphatic rings. The van der Waals surface area contributed by atoms with Gasteiger partial charge in [0.2, 0.25) is 0 Å². The van der Waals surface area contributed by atoms with Gasteiger partial charge in [0.25, 0.3) is 5.91 Å². The van der Waals surface area contributed by atoms with Crippen molar-refractivity contribution in [3.8, 4) is 27.9 Å². The number of aromatic amines is 1. The summed E-state index contributed by atoms with van der Waals surface area (Å²) >= 11 is 1.28. The smallest absolute Gasteiger partial charge is 0.272 e. The van der Waals surface area contributed by atoms with Crippen molar-refractivity contribution in [2.24, 2.45) is 0 Å². The number of hydrogen-bond donors (Lipinski definition) is 1. The first kappa shape index (κ1) is 20.0. The highest BCUT2D eigenvalue weighted by Crippen LogP contribution is 2.33. The first-order valence-electron chi connectivity index (χ1n) is 8.92. The predicted octanol–water partition coefficient (Wildman–Crippen LogP) is 3.21. The normalized spacial score (nSPS) is 11.2. The number of aromatic nitrogens is 4. The van der Waals surface area contributed by atoms with Crippen molar-refractivity contribution in [1.29, 1.82) is 0 Å². The Morgan fingerprint density at radius 3 is 2.90 bits per heavy atom. The van der Waals surface area contributed by atoms with Crippen molar-refractivity contribution in [1.82, 2.24) is 25.2 Å². The van der Waals surface area contributed by atoms with Crippen molar-refractivity contribution in [2.75, 3.05) is 34.4 Å². The molecule has 0 bridgehead atoms. The number of halogens is 1. The third-order valence-electron chi connectivity index (χ3n) is 4.25. The molecule has 3 heterocycles. The number of rotatable bonds is 7. The number of nitrogens with zero attached hydrogens (tertiary/aromatic N) is 4. The second-order valence-corrected chi connectivity index (χ2v) is 7.41. The van der Waals surface area contributed by atoms with E-state index in [9.17, 15) is 9.18 Å². The van der Waals surface area contributed by atoms with Gasteiger partial charge in [-0.1, -0.05) is 5.16 Å². The largest absolute Gasteiger partial charge is 0.488 e. The number of hydrogen-bond acceptors (Lipinski definition) is 8. The number of benzene rings is 1. The summed E-state index contributed by atoms with van der Waals surface area (Å²) in [7, 11) is 4.86. The van der Waals surface area contributed by atoms with Gasteiger partial charge in [0, 0.05) is 44.1 Å². The lowest BCUT2D eigenvalue weighted by atomic mass is 10.1. The van der Waals surface area contributed by atoms with Gasteiger partial charge < -0.3 is 18.9 Å². The molecule has 11 heteroatoms. The molecule has 3 aromatic heterocycles. The molecule has 0 radical (unpaired) electrons. The molecular weight excluding hydrogens is 413 g/mol. The van der Waals surface area contributed by atoms with Crippen molar-refractivity contribution >= 4 is 28.1 Å². The van der Waals surface area contributed by atoms with Crippen LogP contribution < -0.4 is 4.74 Å². The molecule has 9 nitrogen and oxygen atoms in total. The Bertz CT molecular complexity index is 1200. The van der Waals surface area contributed by atoms with Gasteiger partial charge in [-0.05, 0) is 6.07 Å². The van der Waals surface area contributed by atoms with E-state index in [0.29, 0.717) is 45.4 Å². The summed E-state index contributed by atoms with van der Waals surface area (Å²) in [4.78, 5) is 17.8. The molecule has 0 fully saturated rings. The number of carbonyl (C=O) groups excluding carboxylic acids is 1. The van der Waals surface area contributed by atoms with Crippen LogP contribution in [0, 0.1) is 5.82 Å². The lowest BCUT2D eigenvalue weighted by Crippen LogP contribution is -2.21. The van der Waals surface area contributed by atoms with Gasteiger partial charge in [-0.15, -0.1) is 11.3 Å². The number of ether oxygens (including phenoxy) is 2. The first-order valence-corrected chi connectivity index (χ1v) is 9.80. The van der Waals surface area contributed by atoms with Crippen LogP contribution >= 0.6 is 11.3 Å². The molecule has 4 aromatic rings. The fourth-order valence-corrected chi connectivity index (χ4v) is 3.50. The number of amides is 1. The van der Waals surface area contributed by atoms with Crippen LogP contribution in [-0.2, 0) is 4.74 Å². The highest BCUT2D eigenvalue weighted by molar-refractivity contribution is 7.13. The highest BCUT2D eigenvalue weighted by Gasteiger charge is 2.20. The zero-order valence-corrected chi connectivity index (χ0v) is 17.2. The first-order chi connectivity index (χ1) is 14.5. The van der Waals surface area contributed by atoms with E-state index >= 15 is 0 Å². The van der Waals surface area contributed by atoms with Crippen LogP contribution in [0.5, 0.6) is 5.75 Å². The molecular formula is C19H18FN5O4S. The number of carbonyl (C=O) groups is 1. The van der Waals surface area contributed by atoms with Gasteiger partial charge in [-0.3, -0.25) is 9.89 Å². The molecule has 0 saturated heterocycles. The molecule has 0 unspecified atom stereocenters. The van der Waals surface area contributed by atoms with E-state index < -0.39 is 5.82 Å². The number of methoxy groups -OCH3 is 1. The predicted molar refractivity (Wildman–Crippen MR) is 108 cm³/mol. The zero-order chi connectivity index (χ0) is 21.3. The van der Waals surface area contributed by atoms with E-state index in [2.05, 4.69) is 20.3 Å². The van der Waals surface area contributed by atoms with Gasteiger partial charge in [0.15, 0.2) is 17.3 Å². The van der Waals surface area contributed by atoms with Gasteiger partial charge in [-0.25, -0.2) is 9.37 Å². The average Bonchev–Trinajstić information content (AvgIpc) is 3.46. The topological polar surface area (TPSA) is 106 Å². The minimum absolute atomic E-state index is 0.105. The fraction of sp³-hybridized carbons (Fsp3) is 0.263. The summed E-state index contributed by atoms with van der Waals surface area (Å²) in [6.07, 6.45) is 0. The van der Waals surface area contributed by atoms with E-state index in [1.165, 1.54) is 28.4 Å². The van der Waals surface area contributed by atoms with E-state index in [4.69, 9.17) is 14.0 Å². The minimum atomic E-state index is -0.521. The van der Waals surface area contributed by atoms with Crippen LogP contribution in [0.1, 0.15) is 10.5 Å². The number of fused-ring (bicyclic) bond motifs is 1. The second kappa shape index (κ2) is 8.20. The molecule has 0 atom stereocenters. The van der Waals surface area contributed by atoms with Crippen LogP contribution in [0.3, 0.4) is 0 Å². The van der Waals surface area contributed by atoms with Gasteiger partial charge >= 0.3 is 0 Å². The number of thiazole rings is 1. The summed E-state index contributed by atoms with van der Waals surface area (Å²) in [5, 5.41) is 13.8. The SMILES string of the molecule is COCCOc1cc2[nH]nc(-c3cc(-c4nc(C(=O)N(C)C)cs4)no3)c2cc1F. The molecule has 30 heavy (non-hydrogen) atoms. The molecule has 1 aromatic carbocycles. The fourth-order valence-electron chi connectivity index (χ4n) is 2.76. The zero-order valence-electron chi connectivity index (χ0n) is 16.4. The lowest BCUT2D eigenvalue weighted by Gasteiger charge is -2.06. The molecule has 0 aliphatic carbocycles. The molecule has 1 amide bonds. The summed E-state index contributed by atoms with van der Waals surface area (Å²) in [5.74, 6) is -0.264. The van der Waals surface area contributed by atoms with Gasteiger partial charge in [-0.2, -0.15) is 5.10 Å².